The maximum absolute atomic E-state index is 2.32. The Kier molecular flexibility index (Phi) is 4.11. The van der Waals surface area contributed by atoms with Gasteiger partial charge < -0.3 is 0 Å². The van der Waals surface area contributed by atoms with Gasteiger partial charge in [-0.25, -0.2) is 0 Å². The predicted molar refractivity (Wildman–Crippen MR) is 66.9 cm³/mol. The molecule has 0 aromatic heterocycles. The van der Waals surface area contributed by atoms with Crippen LogP contribution in [0, 0.1) is 23.7 Å². The molecule has 2 aliphatic carbocycles. The molecule has 15 heavy (non-hydrogen) atoms. The van der Waals surface area contributed by atoms with Gasteiger partial charge in [0.05, 0.1) is 0 Å². The van der Waals surface area contributed by atoms with Gasteiger partial charge in [-0.1, -0.05) is 58.8 Å². The summed E-state index contributed by atoms with van der Waals surface area (Å²) < 4.78 is 0. The second-order valence-electron chi connectivity index (χ2n) is 5.96. The zero-order valence-electron chi connectivity index (χ0n) is 10.7. The van der Waals surface area contributed by atoms with Crippen LogP contribution in [0.3, 0.4) is 0 Å². The summed E-state index contributed by atoms with van der Waals surface area (Å²) in [5.74, 6) is 4.69. The first-order valence-corrected chi connectivity index (χ1v) is 7.36. The minimum Gasteiger partial charge on any atom is -0.0654 e. The molecular weight excluding hydrogens is 180 g/mol. The average molecular weight is 208 g/mol. The smallest absolute Gasteiger partial charge is 0.0352 e. The van der Waals surface area contributed by atoms with Crippen molar-refractivity contribution in [1.29, 1.82) is 0 Å². The van der Waals surface area contributed by atoms with Crippen LogP contribution in [-0.4, -0.2) is 0 Å². The van der Waals surface area contributed by atoms with Gasteiger partial charge in [-0.15, -0.1) is 0 Å². The van der Waals surface area contributed by atoms with Gasteiger partial charge in [0.1, 0.15) is 0 Å². The van der Waals surface area contributed by atoms with Gasteiger partial charge >= 0.3 is 0 Å². The molecule has 0 N–H and O–H groups in total. The largest absolute Gasteiger partial charge is 0.0654 e. The molecule has 88 valence electrons. The molecule has 0 saturated heterocycles. The van der Waals surface area contributed by atoms with Crippen LogP contribution >= 0.6 is 0 Å². The highest BCUT2D eigenvalue weighted by atomic mass is 14.6. The Labute approximate surface area is 95.8 Å². The molecule has 0 bridgehead atoms. The van der Waals surface area contributed by atoms with Crippen molar-refractivity contribution in [2.75, 3.05) is 0 Å². The SMILES string of the molecule is CCCCCC1CC1C1CC1CCCC. The molecule has 4 unspecified atom stereocenters. The molecular formula is C15H28. The van der Waals surface area contributed by atoms with E-state index in [0.717, 1.165) is 11.8 Å². The standard InChI is InChI=1S/C15H28/c1-3-5-7-9-13-11-15(13)14-10-12(14)8-6-4-2/h12-15H,3-11H2,1-2H3. The second-order valence-corrected chi connectivity index (χ2v) is 5.96. The minimum absolute atomic E-state index is 1.16. The molecule has 0 aliphatic heterocycles. The summed E-state index contributed by atoms with van der Waals surface area (Å²) in [7, 11) is 0. The number of unbranched alkanes of at least 4 members (excludes halogenated alkanes) is 3. The van der Waals surface area contributed by atoms with Crippen molar-refractivity contribution < 1.29 is 0 Å². The third-order valence-corrected chi connectivity index (χ3v) is 4.61. The van der Waals surface area contributed by atoms with Crippen molar-refractivity contribution in [2.45, 2.75) is 71.6 Å². The van der Waals surface area contributed by atoms with Crippen molar-refractivity contribution in [3.8, 4) is 0 Å². The summed E-state index contributed by atoms with van der Waals surface area (Å²) in [6.45, 7) is 4.63. The van der Waals surface area contributed by atoms with Crippen molar-refractivity contribution >= 4 is 0 Å². The topological polar surface area (TPSA) is 0 Å². The number of hydrogen-bond acceptors (Lipinski definition) is 0. The van der Waals surface area contributed by atoms with E-state index >= 15 is 0 Å². The summed E-state index contributed by atoms with van der Waals surface area (Å²) in [5.41, 5.74) is 0. The van der Waals surface area contributed by atoms with Gasteiger partial charge in [-0.2, -0.15) is 0 Å². The predicted octanol–water partition coefficient (Wildman–Crippen LogP) is 5.03. The van der Waals surface area contributed by atoms with Crippen LogP contribution in [0.4, 0.5) is 0 Å². The molecule has 0 nitrogen and oxygen atoms in total. The Bertz CT molecular complexity index is 184. The van der Waals surface area contributed by atoms with Gasteiger partial charge in [0.2, 0.25) is 0 Å². The van der Waals surface area contributed by atoms with Crippen molar-refractivity contribution in [2.24, 2.45) is 23.7 Å². The number of rotatable bonds is 8. The minimum atomic E-state index is 1.16. The first kappa shape index (κ1) is 11.5. The molecule has 2 fully saturated rings. The zero-order chi connectivity index (χ0) is 10.7. The van der Waals surface area contributed by atoms with E-state index in [1.807, 2.05) is 0 Å². The van der Waals surface area contributed by atoms with E-state index in [2.05, 4.69) is 13.8 Å². The maximum Gasteiger partial charge on any atom is -0.0352 e. The normalized spacial score (nSPS) is 38.0. The monoisotopic (exact) mass is 208 g/mol. The van der Waals surface area contributed by atoms with E-state index in [4.69, 9.17) is 0 Å². The molecule has 2 rings (SSSR count). The van der Waals surface area contributed by atoms with Crippen molar-refractivity contribution in [1.82, 2.24) is 0 Å². The van der Waals surface area contributed by atoms with E-state index in [-0.39, 0.29) is 0 Å². The van der Waals surface area contributed by atoms with Gasteiger partial charge in [-0.05, 0) is 36.5 Å². The quantitative estimate of drug-likeness (QED) is 0.491. The third-order valence-electron chi connectivity index (χ3n) is 4.61. The van der Waals surface area contributed by atoms with E-state index in [0.29, 0.717) is 0 Å². The number of hydrogen-bond donors (Lipinski definition) is 0. The molecule has 0 heteroatoms. The van der Waals surface area contributed by atoms with Crippen LogP contribution in [0.1, 0.15) is 71.6 Å². The Morgan fingerprint density at radius 1 is 0.733 bits per heavy atom. The summed E-state index contributed by atoms with van der Waals surface area (Å²) in [6, 6.07) is 0. The van der Waals surface area contributed by atoms with Gasteiger partial charge in [-0.3, -0.25) is 0 Å². The van der Waals surface area contributed by atoms with Gasteiger partial charge in [0.15, 0.2) is 0 Å². The first-order valence-electron chi connectivity index (χ1n) is 7.36. The van der Waals surface area contributed by atoms with Crippen LogP contribution in [0.2, 0.25) is 0 Å². The molecule has 2 saturated carbocycles. The first-order chi connectivity index (χ1) is 7.36. The van der Waals surface area contributed by atoms with Crippen LogP contribution in [-0.2, 0) is 0 Å². The Morgan fingerprint density at radius 2 is 1.27 bits per heavy atom. The van der Waals surface area contributed by atoms with Crippen molar-refractivity contribution in [3.63, 3.8) is 0 Å². The lowest BCUT2D eigenvalue weighted by molar-refractivity contribution is 0.512. The molecule has 0 spiro atoms. The van der Waals surface area contributed by atoms with Gasteiger partial charge in [0.25, 0.3) is 0 Å². The summed E-state index contributed by atoms with van der Waals surface area (Å²) >= 11 is 0. The molecule has 0 aromatic rings. The van der Waals surface area contributed by atoms with E-state index in [9.17, 15) is 0 Å². The fraction of sp³-hybridized carbons (Fsp3) is 1.00. The van der Waals surface area contributed by atoms with E-state index < -0.39 is 0 Å². The highest BCUT2D eigenvalue weighted by Gasteiger charge is 2.52. The lowest BCUT2D eigenvalue weighted by Gasteiger charge is -1.99. The molecule has 2 aliphatic rings. The summed E-state index contributed by atoms with van der Waals surface area (Å²) in [5, 5.41) is 0. The van der Waals surface area contributed by atoms with E-state index in [1.54, 1.807) is 25.7 Å². The molecule has 4 atom stereocenters. The highest BCUT2D eigenvalue weighted by molar-refractivity contribution is 5.01. The third kappa shape index (κ3) is 3.23. The Morgan fingerprint density at radius 3 is 1.80 bits per heavy atom. The maximum atomic E-state index is 2.32. The second kappa shape index (κ2) is 5.37. The zero-order valence-corrected chi connectivity index (χ0v) is 10.7. The molecule has 0 amide bonds. The lowest BCUT2D eigenvalue weighted by atomic mass is 10.1. The van der Waals surface area contributed by atoms with Crippen LogP contribution in [0.25, 0.3) is 0 Å². The summed E-state index contributed by atoms with van der Waals surface area (Å²) in [4.78, 5) is 0. The molecule has 0 heterocycles. The van der Waals surface area contributed by atoms with Crippen LogP contribution in [0.15, 0.2) is 0 Å². The van der Waals surface area contributed by atoms with Crippen molar-refractivity contribution in [3.05, 3.63) is 0 Å². The highest BCUT2D eigenvalue weighted by Crippen LogP contribution is 2.60. The fourth-order valence-corrected chi connectivity index (χ4v) is 3.38. The van der Waals surface area contributed by atoms with E-state index in [1.165, 1.54) is 43.9 Å². The lowest BCUT2D eigenvalue weighted by Crippen LogP contribution is -1.90. The fourth-order valence-electron chi connectivity index (χ4n) is 3.38. The van der Waals surface area contributed by atoms with Crippen LogP contribution in [0.5, 0.6) is 0 Å². The molecule has 0 aromatic carbocycles. The molecule has 0 radical (unpaired) electrons. The summed E-state index contributed by atoms with van der Waals surface area (Å²) in [6.07, 6.45) is 13.5. The Hall–Kier alpha value is 0. The van der Waals surface area contributed by atoms with Crippen LogP contribution < -0.4 is 0 Å². The average Bonchev–Trinajstić information content (AvgIpc) is 3.09. The van der Waals surface area contributed by atoms with Gasteiger partial charge in [0, 0.05) is 0 Å². The Balaban J connectivity index is 1.52.